The van der Waals surface area contributed by atoms with Crippen LogP contribution in [0.25, 0.3) is 0 Å². The fourth-order valence-corrected chi connectivity index (χ4v) is 2.43. The predicted octanol–water partition coefficient (Wildman–Crippen LogP) is 1.59. The zero-order chi connectivity index (χ0) is 14.0. The molecule has 2 atom stereocenters. The molecule has 5 nitrogen and oxygen atoms in total. The molecule has 1 aromatic carbocycles. The van der Waals surface area contributed by atoms with E-state index >= 15 is 0 Å². The summed E-state index contributed by atoms with van der Waals surface area (Å²) in [5.41, 5.74) is 1.46. The van der Waals surface area contributed by atoms with Gasteiger partial charge in [0.2, 0.25) is 0 Å². The number of aliphatic carboxylic acids is 1. The zero-order valence-corrected chi connectivity index (χ0v) is 11.9. The first-order valence-corrected chi connectivity index (χ1v) is 6.66. The lowest BCUT2D eigenvalue weighted by molar-refractivity contribution is -0.142. The Hall–Kier alpha value is -1.40. The molecule has 0 spiro atoms. The van der Waals surface area contributed by atoms with Crippen molar-refractivity contribution in [2.24, 2.45) is 5.92 Å². The summed E-state index contributed by atoms with van der Waals surface area (Å²) in [6, 6.07) is 4.95. The van der Waals surface area contributed by atoms with Gasteiger partial charge in [-0.1, -0.05) is 11.6 Å². The molecule has 1 saturated heterocycles. The summed E-state index contributed by atoms with van der Waals surface area (Å²) < 4.78 is 5.80. The van der Waals surface area contributed by atoms with Crippen LogP contribution in [0.15, 0.2) is 22.7 Å². The van der Waals surface area contributed by atoms with Gasteiger partial charge in [-0.25, -0.2) is 0 Å². The fraction of sp³-hybridized carbons (Fsp3) is 0.385. The Morgan fingerprint density at radius 3 is 2.84 bits per heavy atom. The zero-order valence-electron chi connectivity index (χ0n) is 10.4. The molecule has 0 aromatic heterocycles. The van der Waals surface area contributed by atoms with Crippen molar-refractivity contribution in [1.82, 2.24) is 5.32 Å². The molecule has 0 radical (unpaired) electrons. The summed E-state index contributed by atoms with van der Waals surface area (Å²) in [4.78, 5) is 23.2. The first-order valence-electron chi connectivity index (χ1n) is 5.86. The molecule has 19 heavy (non-hydrogen) atoms. The lowest BCUT2D eigenvalue weighted by Gasteiger charge is -2.16. The summed E-state index contributed by atoms with van der Waals surface area (Å²) >= 11 is 3.32. The molecule has 0 aliphatic carbocycles. The Morgan fingerprint density at radius 2 is 2.16 bits per heavy atom. The molecule has 2 N–H and O–H groups in total. The quantitative estimate of drug-likeness (QED) is 0.883. The smallest absolute Gasteiger partial charge is 0.311 e. The fourth-order valence-electron chi connectivity index (χ4n) is 2.00. The average Bonchev–Trinajstić information content (AvgIpc) is 2.80. The maximum Gasteiger partial charge on any atom is 0.311 e. The van der Waals surface area contributed by atoms with Crippen LogP contribution in [0.5, 0.6) is 0 Å². The number of ether oxygens (including phenoxy) is 1. The molecule has 0 saturated carbocycles. The third-order valence-electron chi connectivity index (χ3n) is 3.08. The lowest BCUT2D eigenvalue weighted by atomic mass is 10.0. The highest BCUT2D eigenvalue weighted by Crippen LogP contribution is 2.20. The molecule has 1 fully saturated rings. The summed E-state index contributed by atoms with van der Waals surface area (Å²) in [7, 11) is 0. The molecule has 1 aromatic rings. The van der Waals surface area contributed by atoms with Gasteiger partial charge in [-0.2, -0.15) is 0 Å². The normalized spacial score (nSPS) is 22.2. The van der Waals surface area contributed by atoms with E-state index in [4.69, 9.17) is 9.84 Å². The van der Waals surface area contributed by atoms with Crippen molar-refractivity contribution >= 4 is 27.8 Å². The number of carbonyl (C=O) groups excluding carboxylic acids is 1. The average molecular weight is 328 g/mol. The maximum atomic E-state index is 12.2. The number of carbonyl (C=O) groups is 2. The number of nitrogens with one attached hydrogen (secondary N) is 1. The third kappa shape index (κ3) is 3.13. The van der Waals surface area contributed by atoms with Gasteiger partial charge >= 0.3 is 5.97 Å². The summed E-state index contributed by atoms with van der Waals surface area (Å²) in [6.07, 6.45) is 0. The number of hydrogen-bond donors (Lipinski definition) is 2. The van der Waals surface area contributed by atoms with Crippen molar-refractivity contribution in [3.05, 3.63) is 33.8 Å². The van der Waals surface area contributed by atoms with E-state index in [1.807, 2.05) is 13.0 Å². The van der Waals surface area contributed by atoms with Crippen LogP contribution in [-0.4, -0.2) is 36.2 Å². The minimum absolute atomic E-state index is 0.134. The van der Waals surface area contributed by atoms with E-state index < -0.39 is 17.9 Å². The molecule has 2 rings (SSSR count). The first-order chi connectivity index (χ1) is 8.99. The molecular weight excluding hydrogens is 314 g/mol. The van der Waals surface area contributed by atoms with Crippen molar-refractivity contribution in [1.29, 1.82) is 0 Å². The van der Waals surface area contributed by atoms with Crippen LogP contribution in [0.2, 0.25) is 0 Å². The van der Waals surface area contributed by atoms with E-state index in [0.29, 0.717) is 10.0 Å². The van der Waals surface area contributed by atoms with Crippen LogP contribution < -0.4 is 5.32 Å². The Balaban J connectivity index is 2.12. The van der Waals surface area contributed by atoms with Crippen LogP contribution in [0.4, 0.5) is 0 Å². The van der Waals surface area contributed by atoms with E-state index in [1.165, 1.54) is 0 Å². The topological polar surface area (TPSA) is 75.6 Å². The Morgan fingerprint density at radius 1 is 1.42 bits per heavy atom. The van der Waals surface area contributed by atoms with Gasteiger partial charge in [0, 0.05) is 4.47 Å². The van der Waals surface area contributed by atoms with Crippen molar-refractivity contribution in [3.8, 4) is 0 Å². The van der Waals surface area contributed by atoms with Crippen molar-refractivity contribution in [3.63, 3.8) is 0 Å². The Bertz CT molecular complexity index is 517. The van der Waals surface area contributed by atoms with E-state index in [9.17, 15) is 9.59 Å². The van der Waals surface area contributed by atoms with Gasteiger partial charge in [-0.05, 0) is 35.0 Å². The van der Waals surface area contributed by atoms with E-state index in [0.717, 1.165) is 5.56 Å². The molecule has 0 bridgehead atoms. The van der Waals surface area contributed by atoms with Crippen LogP contribution >= 0.6 is 15.9 Å². The molecule has 1 aliphatic heterocycles. The highest BCUT2D eigenvalue weighted by Gasteiger charge is 2.35. The van der Waals surface area contributed by atoms with E-state index in [-0.39, 0.29) is 19.1 Å². The number of rotatable bonds is 3. The molecular formula is C13H14BrNO4. The largest absolute Gasteiger partial charge is 0.481 e. The second-order valence-electron chi connectivity index (χ2n) is 4.55. The second kappa shape index (κ2) is 5.71. The highest BCUT2D eigenvalue weighted by atomic mass is 79.9. The van der Waals surface area contributed by atoms with Gasteiger partial charge in [-0.3, -0.25) is 9.59 Å². The van der Waals surface area contributed by atoms with E-state index in [2.05, 4.69) is 21.2 Å². The highest BCUT2D eigenvalue weighted by molar-refractivity contribution is 9.10. The Kier molecular flexibility index (Phi) is 4.21. The monoisotopic (exact) mass is 327 g/mol. The molecule has 1 heterocycles. The van der Waals surface area contributed by atoms with Crippen LogP contribution in [-0.2, 0) is 9.53 Å². The number of halogens is 1. The first kappa shape index (κ1) is 14.0. The van der Waals surface area contributed by atoms with Crippen LogP contribution in [0, 0.1) is 12.8 Å². The standard InChI is InChI=1S/C13H14BrNO4/c1-7-2-3-10(14)8(4-7)12(16)15-11-6-19-5-9(11)13(17)18/h2-4,9,11H,5-6H2,1H3,(H,15,16)(H,17,18). The molecule has 1 aliphatic rings. The molecule has 102 valence electrons. The summed E-state index contributed by atoms with van der Waals surface area (Å²) in [6.45, 7) is 2.25. The van der Waals surface area contributed by atoms with Crippen LogP contribution in [0.1, 0.15) is 15.9 Å². The Labute approximate surface area is 119 Å². The van der Waals surface area contributed by atoms with Crippen molar-refractivity contribution < 1.29 is 19.4 Å². The van der Waals surface area contributed by atoms with Gasteiger partial charge in [0.1, 0.15) is 5.92 Å². The van der Waals surface area contributed by atoms with Gasteiger partial charge < -0.3 is 15.2 Å². The van der Waals surface area contributed by atoms with Crippen molar-refractivity contribution in [2.75, 3.05) is 13.2 Å². The van der Waals surface area contributed by atoms with Gasteiger partial charge in [0.15, 0.2) is 0 Å². The number of aryl methyl sites for hydroxylation is 1. The van der Waals surface area contributed by atoms with Gasteiger partial charge in [-0.15, -0.1) is 0 Å². The van der Waals surface area contributed by atoms with Crippen molar-refractivity contribution in [2.45, 2.75) is 13.0 Å². The second-order valence-corrected chi connectivity index (χ2v) is 5.40. The SMILES string of the molecule is Cc1ccc(Br)c(C(=O)NC2COCC2C(=O)O)c1. The molecule has 2 unspecified atom stereocenters. The number of carboxylic acid groups (broad SMARTS) is 1. The van der Waals surface area contributed by atoms with Gasteiger partial charge in [0.05, 0.1) is 24.8 Å². The van der Waals surface area contributed by atoms with Gasteiger partial charge in [0.25, 0.3) is 5.91 Å². The van der Waals surface area contributed by atoms with Crippen LogP contribution in [0.3, 0.4) is 0 Å². The number of amides is 1. The minimum Gasteiger partial charge on any atom is -0.481 e. The lowest BCUT2D eigenvalue weighted by Crippen LogP contribution is -2.42. The third-order valence-corrected chi connectivity index (χ3v) is 3.77. The summed E-state index contributed by atoms with van der Waals surface area (Å²) in [5, 5.41) is 11.7. The molecule has 6 heteroatoms. The maximum absolute atomic E-state index is 12.2. The molecule has 1 amide bonds. The number of benzene rings is 1. The number of hydrogen-bond acceptors (Lipinski definition) is 3. The number of carboxylic acids is 1. The minimum atomic E-state index is -0.953. The summed E-state index contributed by atoms with van der Waals surface area (Å²) in [5.74, 6) is -1.93. The van der Waals surface area contributed by atoms with E-state index in [1.54, 1.807) is 12.1 Å². The predicted molar refractivity (Wildman–Crippen MR) is 72.1 cm³/mol.